The Labute approximate surface area is 83.6 Å². The Kier molecular flexibility index (Phi) is 3.29. The molecule has 0 saturated carbocycles. The number of nitrogens with zero attached hydrogens (tertiary/aromatic N) is 1. The van der Waals surface area contributed by atoms with Crippen molar-refractivity contribution in [2.24, 2.45) is 0 Å². The molecule has 0 amide bonds. The van der Waals surface area contributed by atoms with Crippen molar-refractivity contribution < 1.29 is 4.21 Å². The molecule has 0 fully saturated rings. The lowest BCUT2D eigenvalue weighted by atomic mass is 10.3. The standard InChI is InChI=1S/C8H7ClN2OS/c9-6-1-2-7(11)8(5-6)13(12)4-3-10/h1-2,5H,4,11H2. The van der Waals surface area contributed by atoms with Crippen molar-refractivity contribution in [3.05, 3.63) is 23.2 Å². The minimum Gasteiger partial charge on any atom is -0.398 e. The second-order valence-electron chi connectivity index (χ2n) is 2.33. The molecule has 1 unspecified atom stereocenters. The molecule has 13 heavy (non-hydrogen) atoms. The van der Waals surface area contributed by atoms with Crippen LogP contribution >= 0.6 is 11.6 Å². The van der Waals surface area contributed by atoms with Crippen LogP contribution in [-0.4, -0.2) is 9.96 Å². The maximum atomic E-state index is 11.4. The topological polar surface area (TPSA) is 66.9 Å². The summed E-state index contributed by atoms with van der Waals surface area (Å²) in [5.74, 6) is -0.0649. The maximum absolute atomic E-state index is 11.4. The SMILES string of the molecule is N#CCS(=O)c1cc(Cl)ccc1N. The molecule has 0 spiro atoms. The fraction of sp³-hybridized carbons (Fsp3) is 0.125. The molecule has 0 heterocycles. The van der Waals surface area contributed by atoms with E-state index < -0.39 is 10.8 Å². The second kappa shape index (κ2) is 4.26. The molecule has 0 aliphatic heterocycles. The van der Waals surface area contributed by atoms with Crippen LogP contribution < -0.4 is 5.73 Å². The van der Waals surface area contributed by atoms with Crippen molar-refractivity contribution in [3.8, 4) is 6.07 Å². The largest absolute Gasteiger partial charge is 0.398 e. The number of hydrogen-bond acceptors (Lipinski definition) is 3. The number of benzene rings is 1. The van der Waals surface area contributed by atoms with Gasteiger partial charge in [0, 0.05) is 10.7 Å². The van der Waals surface area contributed by atoms with Crippen molar-refractivity contribution in [3.63, 3.8) is 0 Å². The first kappa shape index (κ1) is 10.0. The van der Waals surface area contributed by atoms with Crippen LogP contribution in [0.1, 0.15) is 0 Å². The van der Waals surface area contributed by atoms with Gasteiger partial charge < -0.3 is 5.73 Å². The van der Waals surface area contributed by atoms with Gasteiger partial charge in [-0.1, -0.05) is 11.6 Å². The fourth-order valence-electron chi connectivity index (χ4n) is 0.842. The van der Waals surface area contributed by atoms with Crippen molar-refractivity contribution in [1.82, 2.24) is 0 Å². The van der Waals surface area contributed by atoms with Crippen LogP contribution in [-0.2, 0) is 10.8 Å². The van der Waals surface area contributed by atoms with E-state index in [1.165, 1.54) is 6.07 Å². The summed E-state index contributed by atoms with van der Waals surface area (Å²) in [5, 5.41) is 8.81. The van der Waals surface area contributed by atoms with Crippen LogP contribution in [0.5, 0.6) is 0 Å². The van der Waals surface area contributed by atoms with Crippen molar-refractivity contribution in [1.29, 1.82) is 5.26 Å². The fourth-order valence-corrected chi connectivity index (χ4v) is 1.94. The number of rotatable bonds is 2. The average Bonchev–Trinajstić information content (AvgIpc) is 2.09. The lowest BCUT2D eigenvalue weighted by molar-refractivity contribution is 0.685. The van der Waals surface area contributed by atoms with E-state index in [2.05, 4.69) is 0 Å². The van der Waals surface area contributed by atoms with Gasteiger partial charge in [0.2, 0.25) is 0 Å². The molecule has 1 rings (SSSR count). The first-order valence-electron chi connectivity index (χ1n) is 3.45. The van der Waals surface area contributed by atoms with E-state index in [0.29, 0.717) is 15.6 Å². The van der Waals surface area contributed by atoms with E-state index in [-0.39, 0.29) is 5.75 Å². The smallest absolute Gasteiger partial charge is 0.115 e. The number of nitrogens with two attached hydrogens (primary N) is 1. The molecule has 0 aliphatic rings. The summed E-state index contributed by atoms with van der Waals surface area (Å²) in [7, 11) is -1.38. The molecule has 0 bridgehead atoms. The number of hydrogen-bond donors (Lipinski definition) is 1. The van der Waals surface area contributed by atoms with Crippen LogP contribution in [0.15, 0.2) is 23.1 Å². The van der Waals surface area contributed by atoms with Gasteiger partial charge in [0.25, 0.3) is 0 Å². The summed E-state index contributed by atoms with van der Waals surface area (Å²) in [6.45, 7) is 0. The summed E-state index contributed by atoms with van der Waals surface area (Å²) < 4.78 is 11.4. The van der Waals surface area contributed by atoms with Crippen LogP contribution in [0, 0.1) is 11.3 Å². The molecule has 2 N–H and O–H groups in total. The molecule has 1 atom stereocenters. The van der Waals surface area contributed by atoms with Crippen LogP contribution in [0.4, 0.5) is 5.69 Å². The first-order chi connectivity index (χ1) is 6.15. The number of nitrogen functional groups attached to an aromatic ring is 1. The Bertz CT molecular complexity index is 386. The van der Waals surface area contributed by atoms with Gasteiger partial charge in [-0.05, 0) is 18.2 Å². The summed E-state index contributed by atoms with van der Waals surface area (Å²) in [6, 6.07) is 6.52. The van der Waals surface area contributed by atoms with E-state index in [1.807, 2.05) is 6.07 Å². The minimum atomic E-state index is -1.38. The molecule has 5 heteroatoms. The molecule has 1 aromatic carbocycles. The third kappa shape index (κ3) is 2.44. The molecule has 0 aromatic heterocycles. The van der Waals surface area contributed by atoms with Crippen molar-refractivity contribution in [2.45, 2.75) is 4.90 Å². The minimum absolute atomic E-state index is 0.0649. The van der Waals surface area contributed by atoms with Crippen LogP contribution in [0.3, 0.4) is 0 Å². The molecule has 0 aliphatic carbocycles. The zero-order valence-electron chi connectivity index (χ0n) is 6.66. The van der Waals surface area contributed by atoms with E-state index in [0.717, 1.165) is 0 Å². The summed E-state index contributed by atoms with van der Waals surface area (Å²) in [5.41, 5.74) is 5.96. The highest BCUT2D eigenvalue weighted by Crippen LogP contribution is 2.21. The quantitative estimate of drug-likeness (QED) is 0.760. The third-order valence-electron chi connectivity index (χ3n) is 1.42. The predicted molar refractivity (Wildman–Crippen MR) is 52.8 cm³/mol. The van der Waals surface area contributed by atoms with Gasteiger partial charge >= 0.3 is 0 Å². The lowest BCUT2D eigenvalue weighted by Crippen LogP contribution is -2.00. The second-order valence-corrected chi connectivity index (χ2v) is 4.19. The van der Waals surface area contributed by atoms with Crippen LogP contribution in [0.25, 0.3) is 0 Å². The van der Waals surface area contributed by atoms with E-state index in [9.17, 15) is 4.21 Å². The van der Waals surface area contributed by atoms with Crippen molar-refractivity contribution >= 4 is 28.1 Å². The van der Waals surface area contributed by atoms with Gasteiger partial charge in [0.05, 0.1) is 21.8 Å². The Balaban J connectivity index is 3.07. The Morgan fingerprint density at radius 1 is 1.62 bits per heavy atom. The number of nitriles is 1. The van der Waals surface area contributed by atoms with Gasteiger partial charge in [-0.25, -0.2) is 0 Å². The average molecular weight is 215 g/mol. The highest BCUT2D eigenvalue weighted by Gasteiger charge is 2.07. The highest BCUT2D eigenvalue weighted by atomic mass is 35.5. The summed E-state index contributed by atoms with van der Waals surface area (Å²) >= 11 is 5.69. The van der Waals surface area contributed by atoms with Gasteiger partial charge in [0.15, 0.2) is 0 Å². The number of anilines is 1. The third-order valence-corrected chi connectivity index (χ3v) is 2.89. The van der Waals surface area contributed by atoms with Crippen molar-refractivity contribution in [2.75, 3.05) is 11.5 Å². The molecule has 68 valence electrons. The zero-order chi connectivity index (χ0) is 9.84. The zero-order valence-corrected chi connectivity index (χ0v) is 8.23. The Morgan fingerprint density at radius 2 is 2.31 bits per heavy atom. The highest BCUT2D eigenvalue weighted by molar-refractivity contribution is 7.85. The Morgan fingerprint density at radius 3 is 2.92 bits per heavy atom. The van der Waals surface area contributed by atoms with Gasteiger partial charge in [-0.15, -0.1) is 0 Å². The van der Waals surface area contributed by atoms with E-state index >= 15 is 0 Å². The molecular formula is C8H7ClN2OS. The first-order valence-corrected chi connectivity index (χ1v) is 5.15. The molecule has 0 saturated heterocycles. The maximum Gasteiger partial charge on any atom is 0.115 e. The molecule has 3 nitrogen and oxygen atoms in total. The molecule has 0 radical (unpaired) electrons. The molecule has 1 aromatic rings. The van der Waals surface area contributed by atoms with E-state index in [4.69, 9.17) is 22.6 Å². The monoisotopic (exact) mass is 214 g/mol. The lowest BCUT2D eigenvalue weighted by Gasteiger charge is -2.02. The van der Waals surface area contributed by atoms with Gasteiger partial charge in [0.1, 0.15) is 5.75 Å². The predicted octanol–water partition coefficient (Wildman–Crippen LogP) is 1.55. The summed E-state index contributed by atoms with van der Waals surface area (Å²) in [6.07, 6.45) is 0. The summed E-state index contributed by atoms with van der Waals surface area (Å²) in [4.78, 5) is 0.425. The van der Waals surface area contributed by atoms with E-state index in [1.54, 1.807) is 12.1 Å². The number of halogens is 1. The van der Waals surface area contributed by atoms with Gasteiger partial charge in [-0.2, -0.15) is 5.26 Å². The molecular weight excluding hydrogens is 208 g/mol. The Hall–Kier alpha value is -1.05. The van der Waals surface area contributed by atoms with Crippen LogP contribution in [0.2, 0.25) is 5.02 Å². The normalized spacial score (nSPS) is 12.0. The van der Waals surface area contributed by atoms with Gasteiger partial charge in [-0.3, -0.25) is 4.21 Å².